The molecule has 3 heterocycles. The lowest BCUT2D eigenvalue weighted by Gasteiger charge is -2.17. The standard InChI is InChI=1S/C25H25N5O2/c1-16-7-8-18-19(4-2-6-21(18)29-14-17-10-13-31-15-17)23(16)32-24-20(5-3-11-27-24)22-9-12-28-25(26)30-22/h2-9,11-12,17,29H,10,13-15H2,1H3,(H2,26,28,30)/t17-/m1/s1. The molecule has 5 rings (SSSR count). The molecule has 7 nitrogen and oxygen atoms in total. The maximum Gasteiger partial charge on any atom is 0.228 e. The fraction of sp³-hybridized carbons (Fsp3) is 0.240. The van der Waals surface area contributed by atoms with Gasteiger partial charge in [0.2, 0.25) is 11.8 Å². The van der Waals surface area contributed by atoms with E-state index in [1.165, 1.54) is 0 Å². The lowest BCUT2D eigenvalue weighted by molar-refractivity contribution is 0.187. The molecule has 32 heavy (non-hydrogen) atoms. The highest BCUT2D eigenvalue weighted by molar-refractivity contribution is 5.98. The molecule has 1 fully saturated rings. The second-order valence-corrected chi connectivity index (χ2v) is 7.98. The zero-order chi connectivity index (χ0) is 21.9. The number of ether oxygens (including phenoxy) is 2. The Morgan fingerprint density at radius 3 is 2.84 bits per heavy atom. The summed E-state index contributed by atoms with van der Waals surface area (Å²) in [6, 6.07) is 16.0. The van der Waals surface area contributed by atoms with E-state index in [0.717, 1.165) is 59.5 Å². The molecule has 0 bridgehead atoms. The summed E-state index contributed by atoms with van der Waals surface area (Å²) in [7, 11) is 0. The molecular formula is C25H25N5O2. The summed E-state index contributed by atoms with van der Waals surface area (Å²) in [5.74, 6) is 2.00. The van der Waals surface area contributed by atoms with Gasteiger partial charge in [0.25, 0.3) is 0 Å². The lowest BCUT2D eigenvalue weighted by Crippen LogP contribution is -2.14. The van der Waals surface area contributed by atoms with Crippen molar-refractivity contribution in [3.63, 3.8) is 0 Å². The van der Waals surface area contributed by atoms with E-state index in [4.69, 9.17) is 15.2 Å². The zero-order valence-corrected chi connectivity index (χ0v) is 17.9. The molecule has 1 aliphatic rings. The van der Waals surface area contributed by atoms with Crippen LogP contribution in [0.4, 0.5) is 11.6 Å². The molecule has 162 valence electrons. The number of nitrogens with one attached hydrogen (secondary N) is 1. The molecule has 0 unspecified atom stereocenters. The quantitative estimate of drug-likeness (QED) is 0.455. The number of hydrogen-bond acceptors (Lipinski definition) is 7. The monoisotopic (exact) mass is 427 g/mol. The molecule has 0 saturated carbocycles. The molecule has 3 N–H and O–H groups in total. The van der Waals surface area contributed by atoms with Crippen LogP contribution in [0.25, 0.3) is 22.0 Å². The van der Waals surface area contributed by atoms with Gasteiger partial charge in [0, 0.05) is 47.9 Å². The minimum atomic E-state index is 0.210. The van der Waals surface area contributed by atoms with Crippen LogP contribution in [0.3, 0.4) is 0 Å². The molecule has 0 radical (unpaired) electrons. The van der Waals surface area contributed by atoms with Gasteiger partial charge in [0.15, 0.2) is 0 Å². The van der Waals surface area contributed by atoms with Crippen molar-refractivity contribution >= 4 is 22.4 Å². The Morgan fingerprint density at radius 1 is 1.06 bits per heavy atom. The first-order valence-corrected chi connectivity index (χ1v) is 10.7. The van der Waals surface area contributed by atoms with Crippen LogP contribution >= 0.6 is 0 Å². The van der Waals surface area contributed by atoms with Crippen LogP contribution in [0.1, 0.15) is 12.0 Å². The van der Waals surface area contributed by atoms with Crippen LogP contribution < -0.4 is 15.8 Å². The highest BCUT2D eigenvalue weighted by Crippen LogP contribution is 2.38. The number of anilines is 2. The van der Waals surface area contributed by atoms with E-state index in [1.807, 2.05) is 25.1 Å². The first-order chi connectivity index (χ1) is 15.7. The number of nitrogen functional groups attached to an aromatic ring is 1. The summed E-state index contributed by atoms with van der Waals surface area (Å²) in [6.07, 6.45) is 4.44. The lowest BCUT2D eigenvalue weighted by atomic mass is 10.0. The van der Waals surface area contributed by atoms with E-state index in [9.17, 15) is 0 Å². The Bertz CT molecular complexity index is 1250. The summed E-state index contributed by atoms with van der Waals surface area (Å²) in [4.78, 5) is 12.8. The van der Waals surface area contributed by atoms with Gasteiger partial charge in [0.05, 0.1) is 17.9 Å². The number of fused-ring (bicyclic) bond motifs is 1. The summed E-state index contributed by atoms with van der Waals surface area (Å²) in [5, 5.41) is 5.73. The second kappa shape index (κ2) is 8.80. The molecule has 0 aliphatic carbocycles. The third kappa shape index (κ3) is 4.07. The summed E-state index contributed by atoms with van der Waals surface area (Å²) in [6.45, 7) is 4.60. The summed E-state index contributed by atoms with van der Waals surface area (Å²) in [5.41, 5.74) is 9.33. The number of aryl methyl sites for hydroxylation is 1. The van der Waals surface area contributed by atoms with Crippen molar-refractivity contribution in [1.29, 1.82) is 0 Å². The van der Waals surface area contributed by atoms with Crippen LogP contribution in [0.15, 0.2) is 60.9 Å². The molecule has 7 heteroatoms. The van der Waals surface area contributed by atoms with E-state index in [0.29, 0.717) is 17.5 Å². The van der Waals surface area contributed by atoms with Gasteiger partial charge in [-0.15, -0.1) is 0 Å². The van der Waals surface area contributed by atoms with Crippen molar-refractivity contribution in [2.75, 3.05) is 30.8 Å². The van der Waals surface area contributed by atoms with Gasteiger partial charge >= 0.3 is 0 Å². The van der Waals surface area contributed by atoms with Gasteiger partial charge in [-0.1, -0.05) is 24.3 Å². The van der Waals surface area contributed by atoms with Crippen molar-refractivity contribution in [3.8, 4) is 22.9 Å². The molecule has 1 aliphatic heterocycles. The molecule has 2 aromatic carbocycles. The summed E-state index contributed by atoms with van der Waals surface area (Å²) >= 11 is 0. The van der Waals surface area contributed by atoms with Gasteiger partial charge in [-0.2, -0.15) is 0 Å². The van der Waals surface area contributed by atoms with Gasteiger partial charge in [-0.3, -0.25) is 0 Å². The van der Waals surface area contributed by atoms with Crippen LogP contribution in [0.2, 0.25) is 0 Å². The van der Waals surface area contributed by atoms with Crippen LogP contribution in [-0.2, 0) is 4.74 Å². The second-order valence-electron chi connectivity index (χ2n) is 7.98. The number of rotatable bonds is 6. The third-order valence-electron chi connectivity index (χ3n) is 5.73. The first-order valence-electron chi connectivity index (χ1n) is 10.7. The van der Waals surface area contributed by atoms with Crippen molar-refractivity contribution < 1.29 is 9.47 Å². The van der Waals surface area contributed by atoms with Crippen molar-refractivity contribution in [2.24, 2.45) is 5.92 Å². The van der Waals surface area contributed by atoms with E-state index in [1.54, 1.807) is 18.5 Å². The number of nitrogens with two attached hydrogens (primary N) is 1. The van der Waals surface area contributed by atoms with Crippen molar-refractivity contribution in [3.05, 3.63) is 66.5 Å². The van der Waals surface area contributed by atoms with Crippen LogP contribution in [-0.4, -0.2) is 34.7 Å². The minimum absolute atomic E-state index is 0.210. The topological polar surface area (TPSA) is 95.2 Å². The number of benzene rings is 2. The van der Waals surface area contributed by atoms with E-state index < -0.39 is 0 Å². The van der Waals surface area contributed by atoms with E-state index in [2.05, 4.69) is 44.5 Å². The number of aromatic nitrogens is 3. The summed E-state index contributed by atoms with van der Waals surface area (Å²) < 4.78 is 11.9. The molecule has 4 aromatic rings. The predicted molar refractivity (Wildman–Crippen MR) is 126 cm³/mol. The molecule has 0 amide bonds. The SMILES string of the molecule is Cc1ccc2c(NC[C@H]3CCOC3)cccc2c1Oc1ncccc1-c1ccnc(N)n1. The largest absolute Gasteiger partial charge is 0.437 e. The number of pyridine rings is 1. The Kier molecular flexibility index (Phi) is 5.56. The van der Waals surface area contributed by atoms with Crippen molar-refractivity contribution in [1.82, 2.24) is 15.0 Å². The molecule has 0 spiro atoms. The normalized spacial score (nSPS) is 15.7. The fourth-order valence-electron chi connectivity index (χ4n) is 4.01. The fourth-order valence-corrected chi connectivity index (χ4v) is 4.01. The van der Waals surface area contributed by atoms with E-state index >= 15 is 0 Å². The Morgan fingerprint density at radius 2 is 2.00 bits per heavy atom. The Balaban J connectivity index is 1.51. The van der Waals surface area contributed by atoms with Crippen molar-refractivity contribution in [2.45, 2.75) is 13.3 Å². The first kappa shape index (κ1) is 20.2. The Labute approximate surface area is 186 Å². The average molecular weight is 428 g/mol. The van der Waals surface area contributed by atoms with Gasteiger partial charge in [-0.25, -0.2) is 15.0 Å². The highest BCUT2D eigenvalue weighted by atomic mass is 16.5. The number of nitrogens with zero attached hydrogens (tertiary/aromatic N) is 3. The average Bonchev–Trinajstić information content (AvgIpc) is 3.33. The smallest absolute Gasteiger partial charge is 0.228 e. The van der Waals surface area contributed by atoms with E-state index in [-0.39, 0.29) is 5.95 Å². The van der Waals surface area contributed by atoms with Crippen LogP contribution in [0.5, 0.6) is 11.6 Å². The van der Waals surface area contributed by atoms with Gasteiger partial charge in [0.1, 0.15) is 5.75 Å². The molecule has 1 saturated heterocycles. The van der Waals surface area contributed by atoms with Gasteiger partial charge < -0.3 is 20.5 Å². The number of hydrogen-bond donors (Lipinski definition) is 2. The molecular weight excluding hydrogens is 402 g/mol. The minimum Gasteiger partial charge on any atom is -0.437 e. The predicted octanol–water partition coefficient (Wildman–Crippen LogP) is 4.82. The van der Waals surface area contributed by atoms with Crippen LogP contribution in [0, 0.1) is 12.8 Å². The Hall–Kier alpha value is -3.71. The molecule has 2 aromatic heterocycles. The maximum absolute atomic E-state index is 6.42. The zero-order valence-electron chi connectivity index (χ0n) is 17.9. The molecule has 1 atom stereocenters. The maximum atomic E-state index is 6.42. The van der Waals surface area contributed by atoms with Gasteiger partial charge in [-0.05, 0) is 43.2 Å². The third-order valence-corrected chi connectivity index (χ3v) is 5.73. The highest BCUT2D eigenvalue weighted by Gasteiger charge is 2.17.